The van der Waals surface area contributed by atoms with Crippen molar-refractivity contribution in [1.29, 1.82) is 0 Å². The molecule has 3 aliphatic carbocycles. The van der Waals surface area contributed by atoms with Crippen LogP contribution in [0.25, 0.3) is 10.8 Å². The standard InChI is InChI=1S/C21H20O/c1-13-2-4-15-8-18-12-21(11-14-3-5-19(21)7-14)20(22)10-17(18)9-16(15)6-13/h2-4,6,8-9,19H,5,7,10-12H2,1H3. The quantitative estimate of drug-likeness (QED) is 0.650. The zero-order valence-electron chi connectivity index (χ0n) is 13.0. The van der Waals surface area contributed by atoms with Crippen LogP contribution in [-0.4, -0.2) is 5.78 Å². The van der Waals surface area contributed by atoms with Crippen LogP contribution in [0.1, 0.15) is 36.0 Å². The van der Waals surface area contributed by atoms with Gasteiger partial charge in [0.15, 0.2) is 0 Å². The maximum atomic E-state index is 12.9. The van der Waals surface area contributed by atoms with Gasteiger partial charge < -0.3 is 0 Å². The summed E-state index contributed by atoms with van der Waals surface area (Å²) in [5.41, 5.74) is 5.45. The predicted octanol–water partition coefficient (Wildman–Crippen LogP) is 4.54. The minimum Gasteiger partial charge on any atom is -0.299 e. The third-order valence-corrected chi connectivity index (χ3v) is 6.25. The number of aryl methyl sites for hydroxylation is 1. The third-order valence-electron chi connectivity index (χ3n) is 6.25. The lowest BCUT2D eigenvalue weighted by atomic mass is 9.63. The van der Waals surface area contributed by atoms with Gasteiger partial charge >= 0.3 is 0 Å². The number of hydrogen-bond acceptors (Lipinski definition) is 1. The molecule has 110 valence electrons. The first-order valence-electron chi connectivity index (χ1n) is 8.37. The van der Waals surface area contributed by atoms with Gasteiger partial charge in [-0.05, 0) is 60.4 Å². The van der Waals surface area contributed by atoms with Crippen molar-refractivity contribution in [3.63, 3.8) is 0 Å². The molecule has 0 aliphatic heterocycles. The number of benzene rings is 2. The minimum atomic E-state index is -0.0601. The Bertz CT molecular complexity index is 858. The van der Waals surface area contributed by atoms with Gasteiger partial charge in [0.1, 0.15) is 5.78 Å². The fourth-order valence-corrected chi connectivity index (χ4v) is 5.07. The molecule has 0 amide bonds. The van der Waals surface area contributed by atoms with Gasteiger partial charge in [-0.25, -0.2) is 0 Å². The molecule has 2 atom stereocenters. The molecule has 0 heterocycles. The number of carbonyl (C=O) groups is 1. The van der Waals surface area contributed by atoms with Crippen molar-refractivity contribution in [3.8, 4) is 0 Å². The Labute approximate surface area is 131 Å². The highest BCUT2D eigenvalue weighted by Crippen LogP contribution is 2.57. The van der Waals surface area contributed by atoms with Crippen LogP contribution in [0.5, 0.6) is 0 Å². The number of allylic oxidation sites excluding steroid dienone is 2. The van der Waals surface area contributed by atoms with Gasteiger partial charge in [0.25, 0.3) is 0 Å². The van der Waals surface area contributed by atoms with E-state index in [1.54, 1.807) is 5.57 Å². The molecule has 2 unspecified atom stereocenters. The summed E-state index contributed by atoms with van der Waals surface area (Å²) in [5, 5.41) is 2.59. The summed E-state index contributed by atoms with van der Waals surface area (Å²) in [6.07, 6.45) is 7.32. The van der Waals surface area contributed by atoms with E-state index in [0.717, 1.165) is 19.3 Å². The van der Waals surface area contributed by atoms with Crippen molar-refractivity contribution < 1.29 is 4.79 Å². The van der Waals surface area contributed by atoms with Crippen molar-refractivity contribution in [1.82, 2.24) is 0 Å². The smallest absolute Gasteiger partial charge is 0.144 e. The summed E-state index contributed by atoms with van der Waals surface area (Å²) in [5.74, 6) is 1.08. The van der Waals surface area contributed by atoms with Crippen molar-refractivity contribution in [2.75, 3.05) is 0 Å². The molecule has 5 rings (SSSR count). The van der Waals surface area contributed by atoms with Crippen LogP contribution in [0.3, 0.4) is 0 Å². The van der Waals surface area contributed by atoms with Crippen LogP contribution in [0, 0.1) is 18.3 Å². The molecule has 22 heavy (non-hydrogen) atoms. The first-order valence-corrected chi connectivity index (χ1v) is 8.37. The van der Waals surface area contributed by atoms with Crippen LogP contribution in [0.15, 0.2) is 42.0 Å². The van der Waals surface area contributed by atoms with E-state index in [1.807, 2.05) is 0 Å². The Hall–Kier alpha value is -1.89. The maximum absolute atomic E-state index is 12.9. The lowest BCUT2D eigenvalue weighted by Crippen LogP contribution is -2.42. The molecule has 1 spiro atoms. The Morgan fingerprint density at radius 1 is 1.05 bits per heavy atom. The molecule has 2 aromatic rings. The van der Waals surface area contributed by atoms with Crippen molar-refractivity contribution in [3.05, 3.63) is 58.7 Å². The predicted molar refractivity (Wildman–Crippen MR) is 89.0 cm³/mol. The second-order valence-electron chi connectivity index (χ2n) is 7.58. The van der Waals surface area contributed by atoms with E-state index in [0.29, 0.717) is 18.1 Å². The summed E-state index contributed by atoms with van der Waals surface area (Å²) >= 11 is 0. The van der Waals surface area contributed by atoms with Gasteiger partial charge in [-0.3, -0.25) is 4.79 Å². The van der Waals surface area contributed by atoms with Crippen LogP contribution in [-0.2, 0) is 17.6 Å². The molecule has 0 radical (unpaired) electrons. The van der Waals surface area contributed by atoms with E-state index in [4.69, 9.17) is 0 Å². The van der Waals surface area contributed by atoms with E-state index >= 15 is 0 Å². The molecule has 1 fully saturated rings. The lowest BCUT2D eigenvalue weighted by molar-refractivity contribution is -0.131. The van der Waals surface area contributed by atoms with E-state index in [-0.39, 0.29) is 5.41 Å². The molecule has 1 nitrogen and oxygen atoms in total. The van der Waals surface area contributed by atoms with Gasteiger partial charge in [-0.2, -0.15) is 0 Å². The second-order valence-corrected chi connectivity index (χ2v) is 7.58. The second kappa shape index (κ2) is 4.10. The number of Topliss-reactive ketones (excluding diaryl/α,β-unsaturated/α-hetero) is 1. The summed E-state index contributed by atoms with van der Waals surface area (Å²) in [7, 11) is 0. The summed E-state index contributed by atoms with van der Waals surface area (Å²) in [6, 6.07) is 11.2. The number of carbonyl (C=O) groups excluding carboxylic acids is 1. The van der Waals surface area contributed by atoms with E-state index in [9.17, 15) is 4.79 Å². The molecule has 0 saturated heterocycles. The fraction of sp³-hybridized carbons (Fsp3) is 0.381. The summed E-state index contributed by atoms with van der Waals surface area (Å²) in [6.45, 7) is 2.13. The Kier molecular flexibility index (Phi) is 2.35. The normalized spacial score (nSPS) is 29.2. The van der Waals surface area contributed by atoms with Gasteiger partial charge in [0.05, 0.1) is 0 Å². The molecule has 2 bridgehead atoms. The molecule has 1 saturated carbocycles. The van der Waals surface area contributed by atoms with E-state index < -0.39 is 0 Å². The number of hydrogen-bond donors (Lipinski definition) is 0. The highest BCUT2D eigenvalue weighted by molar-refractivity contribution is 5.93. The zero-order valence-corrected chi connectivity index (χ0v) is 13.0. The molecular weight excluding hydrogens is 268 g/mol. The largest absolute Gasteiger partial charge is 0.299 e. The monoisotopic (exact) mass is 288 g/mol. The van der Waals surface area contributed by atoms with Crippen molar-refractivity contribution in [2.45, 2.75) is 39.0 Å². The van der Waals surface area contributed by atoms with Crippen LogP contribution >= 0.6 is 0 Å². The van der Waals surface area contributed by atoms with Gasteiger partial charge in [0.2, 0.25) is 0 Å². The average Bonchev–Trinajstić information content (AvgIpc) is 3.08. The fourth-order valence-electron chi connectivity index (χ4n) is 5.07. The van der Waals surface area contributed by atoms with Crippen molar-refractivity contribution in [2.24, 2.45) is 11.3 Å². The van der Waals surface area contributed by atoms with Crippen molar-refractivity contribution >= 4 is 16.6 Å². The van der Waals surface area contributed by atoms with Gasteiger partial charge in [-0.1, -0.05) is 47.5 Å². The Balaban J connectivity index is 1.65. The summed E-state index contributed by atoms with van der Waals surface area (Å²) in [4.78, 5) is 12.9. The summed E-state index contributed by atoms with van der Waals surface area (Å²) < 4.78 is 0. The van der Waals surface area contributed by atoms with Crippen LogP contribution in [0.4, 0.5) is 0 Å². The van der Waals surface area contributed by atoms with Crippen LogP contribution in [0.2, 0.25) is 0 Å². The van der Waals surface area contributed by atoms with Crippen LogP contribution < -0.4 is 0 Å². The van der Waals surface area contributed by atoms with Gasteiger partial charge in [0, 0.05) is 11.8 Å². The number of fused-ring (bicyclic) bond motifs is 5. The molecule has 2 aromatic carbocycles. The lowest BCUT2D eigenvalue weighted by Gasteiger charge is -2.39. The minimum absolute atomic E-state index is 0.0601. The highest BCUT2D eigenvalue weighted by Gasteiger charge is 2.53. The number of ketones is 1. The number of rotatable bonds is 0. The maximum Gasteiger partial charge on any atom is 0.144 e. The highest BCUT2D eigenvalue weighted by atomic mass is 16.1. The molecule has 0 N–H and O–H groups in total. The molecule has 3 aliphatic rings. The molecule has 0 aromatic heterocycles. The molecule has 1 heteroatoms. The SMILES string of the molecule is Cc1ccc2cc3c(cc2c1)CC(=O)C1(CC2=CCC1C2)C3. The first kappa shape index (κ1) is 12.6. The Morgan fingerprint density at radius 2 is 1.91 bits per heavy atom. The van der Waals surface area contributed by atoms with E-state index in [2.05, 4.69) is 43.3 Å². The zero-order chi connectivity index (χ0) is 14.9. The topological polar surface area (TPSA) is 17.1 Å². The average molecular weight is 288 g/mol. The van der Waals surface area contributed by atoms with E-state index in [1.165, 1.54) is 33.9 Å². The molecular formula is C21H20O. The first-order chi connectivity index (χ1) is 10.6. The third kappa shape index (κ3) is 1.57. The Morgan fingerprint density at radius 3 is 2.68 bits per heavy atom. The van der Waals surface area contributed by atoms with Gasteiger partial charge in [-0.15, -0.1) is 0 Å².